The molecule has 0 bridgehead atoms. The molecule has 1 fully saturated rings. The van der Waals surface area contributed by atoms with Crippen LogP contribution < -0.4 is 10.6 Å². The second kappa shape index (κ2) is 11.0. The van der Waals surface area contributed by atoms with Crippen LogP contribution in [0.15, 0.2) is 16.6 Å². The van der Waals surface area contributed by atoms with Gasteiger partial charge in [0.25, 0.3) is 0 Å². The van der Waals surface area contributed by atoms with Gasteiger partial charge in [0.1, 0.15) is 0 Å². The van der Waals surface area contributed by atoms with Gasteiger partial charge >= 0.3 is 0 Å². The molecule has 2 heterocycles. The maximum absolute atomic E-state index is 6.09. The van der Waals surface area contributed by atoms with Gasteiger partial charge < -0.3 is 20.3 Å². The van der Waals surface area contributed by atoms with Crippen LogP contribution >= 0.6 is 35.3 Å². The molecular formula is C15H28IN5OS. The summed E-state index contributed by atoms with van der Waals surface area (Å²) in [5, 5.41) is 3.11. The lowest BCUT2D eigenvalue weighted by Gasteiger charge is -2.35. The van der Waals surface area contributed by atoms with E-state index in [1.54, 1.807) is 11.3 Å². The number of nitrogens with zero attached hydrogens (tertiary/aromatic N) is 4. The van der Waals surface area contributed by atoms with Gasteiger partial charge in [-0.3, -0.25) is 4.99 Å². The summed E-state index contributed by atoms with van der Waals surface area (Å²) < 4.78 is 5.51. The third-order valence-electron chi connectivity index (χ3n) is 3.57. The van der Waals surface area contributed by atoms with Crippen molar-refractivity contribution in [2.45, 2.75) is 32.8 Å². The molecule has 0 amide bonds. The average Bonchev–Trinajstić information content (AvgIpc) is 3.05. The smallest absolute Gasteiger partial charge is 0.191 e. The van der Waals surface area contributed by atoms with Crippen LogP contribution in [-0.4, -0.2) is 61.3 Å². The standard InChI is InChI=1S/C15H27N5OS.HI/c1-13(2)21-11-4-3-5-17-14(16)19-7-9-20(10-8-19)15-18-6-12-22-15;/h6,12-13H,3-5,7-11H2,1-2H3,(H2,16,17);1H. The van der Waals surface area contributed by atoms with Gasteiger partial charge in [-0.15, -0.1) is 35.3 Å². The Bertz CT molecular complexity index is 447. The van der Waals surface area contributed by atoms with Crippen molar-refractivity contribution in [3.05, 3.63) is 11.6 Å². The Morgan fingerprint density at radius 2 is 2.09 bits per heavy atom. The molecule has 1 aliphatic heterocycles. The van der Waals surface area contributed by atoms with E-state index >= 15 is 0 Å². The first-order valence-electron chi connectivity index (χ1n) is 7.97. The molecule has 0 aliphatic carbocycles. The number of hydrogen-bond donors (Lipinski definition) is 1. The predicted octanol–water partition coefficient (Wildman–Crippen LogP) is 2.40. The van der Waals surface area contributed by atoms with Crippen LogP contribution in [0.4, 0.5) is 5.13 Å². The van der Waals surface area contributed by atoms with Crippen molar-refractivity contribution in [2.75, 3.05) is 44.2 Å². The van der Waals surface area contributed by atoms with E-state index in [2.05, 4.69) is 33.6 Å². The zero-order chi connectivity index (χ0) is 15.8. The zero-order valence-electron chi connectivity index (χ0n) is 14.0. The quantitative estimate of drug-likeness (QED) is 0.297. The van der Waals surface area contributed by atoms with Gasteiger partial charge in [-0.1, -0.05) is 0 Å². The van der Waals surface area contributed by atoms with Gasteiger partial charge in [-0.25, -0.2) is 4.98 Å². The van der Waals surface area contributed by atoms with Crippen LogP contribution in [0.25, 0.3) is 0 Å². The molecule has 23 heavy (non-hydrogen) atoms. The Balaban J connectivity index is 0.00000264. The number of anilines is 1. The predicted molar refractivity (Wildman–Crippen MR) is 108 cm³/mol. The number of nitrogens with two attached hydrogens (primary N) is 1. The van der Waals surface area contributed by atoms with E-state index in [9.17, 15) is 0 Å². The summed E-state index contributed by atoms with van der Waals surface area (Å²) in [5.41, 5.74) is 6.09. The Hall–Kier alpha value is -0.610. The van der Waals surface area contributed by atoms with Gasteiger partial charge in [0.15, 0.2) is 11.1 Å². The summed E-state index contributed by atoms with van der Waals surface area (Å²) in [6.45, 7) is 9.41. The maximum atomic E-state index is 6.09. The number of hydrogen-bond acceptors (Lipinski definition) is 5. The van der Waals surface area contributed by atoms with Crippen LogP contribution in [0.5, 0.6) is 0 Å². The lowest BCUT2D eigenvalue weighted by molar-refractivity contribution is 0.0763. The van der Waals surface area contributed by atoms with E-state index in [0.717, 1.165) is 57.3 Å². The van der Waals surface area contributed by atoms with E-state index in [-0.39, 0.29) is 24.0 Å². The monoisotopic (exact) mass is 453 g/mol. The third kappa shape index (κ3) is 7.21. The highest BCUT2D eigenvalue weighted by molar-refractivity contribution is 14.0. The van der Waals surface area contributed by atoms with E-state index in [1.165, 1.54) is 0 Å². The summed E-state index contributed by atoms with van der Waals surface area (Å²) in [5.74, 6) is 0.670. The van der Waals surface area contributed by atoms with Gasteiger partial charge in [0, 0.05) is 50.9 Å². The Labute approximate surface area is 160 Å². The minimum atomic E-state index is 0. The van der Waals surface area contributed by atoms with E-state index in [4.69, 9.17) is 10.5 Å². The molecule has 0 spiro atoms. The number of guanidine groups is 1. The minimum Gasteiger partial charge on any atom is -0.379 e. The third-order valence-corrected chi connectivity index (χ3v) is 4.40. The van der Waals surface area contributed by atoms with E-state index < -0.39 is 0 Å². The lowest BCUT2D eigenvalue weighted by Crippen LogP contribution is -2.51. The first kappa shape index (κ1) is 20.4. The number of thiazole rings is 1. The number of unbranched alkanes of at least 4 members (excludes halogenated alkanes) is 1. The molecule has 132 valence electrons. The van der Waals surface area contributed by atoms with E-state index in [0.29, 0.717) is 12.1 Å². The largest absolute Gasteiger partial charge is 0.379 e. The molecule has 2 N–H and O–H groups in total. The fraction of sp³-hybridized carbons (Fsp3) is 0.733. The molecule has 0 atom stereocenters. The summed E-state index contributed by atoms with van der Waals surface area (Å²) >= 11 is 1.69. The molecule has 1 aromatic heterocycles. The molecule has 0 radical (unpaired) electrons. The molecule has 0 saturated carbocycles. The summed E-state index contributed by atoms with van der Waals surface area (Å²) in [6.07, 6.45) is 4.22. The highest BCUT2D eigenvalue weighted by atomic mass is 127. The number of aromatic nitrogens is 1. The Morgan fingerprint density at radius 1 is 1.35 bits per heavy atom. The topological polar surface area (TPSA) is 67.0 Å². The number of rotatable bonds is 7. The second-order valence-electron chi connectivity index (χ2n) is 5.66. The number of ether oxygens (including phenoxy) is 1. The van der Waals surface area contributed by atoms with Crippen LogP contribution in [0.3, 0.4) is 0 Å². The van der Waals surface area contributed by atoms with Crippen molar-refractivity contribution >= 4 is 46.4 Å². The fourth-order valence-corrected chi connectivity index (χ4v) is 3.02. The minimum absolute atomic E-state index is 0. The van der Waals surface area contributed by atoms with Crippen LogP contribution in [0, 0.1) is 0 Å². The van der Waals surface area contributed by atoms with Crippen LogP contribution in [0.1, 0.15) is 26.7 Å². The summed E-state index contributed by atoms with van der Waals surface area (Å²) in [6, 6.07) is 0. The molecule has 8 heteroatoms. The van der Waals surface area contributed by atoms with Crippen molar-refractivity contribution in [3.8, 4) is 0 Å². The molecule has 1 aliphatic rings. The van der Waals surface area contributed by atoms with Crippen LogP contribution in [-0.2, 0) is 4.74 Å². The Kier molecular flexibility index (Phi) is 9.80. The van der Waals surface area contributed by atoms with Crippen molar-refractivity contribution in [3.63, 3.8) is 0 Å². The molecule has 0 unspecified atom stereocenters. The first-order valence-corrected chi connectivity index (χ1v) is 8.85. The number of aliphatic imine (C=N–C) groups is 1. The average molecular weight is 453 g/mol. The zero-order valence-corrected chi connectivity index (χ0v) is 17.1. The highest BCUT2D eigenvalue weighted by Gasteiger charge is 2.19. The van der Waals surface area contributed by atoms with E-state index in [1.807, 2.05) is 11.6 Å². The molecule has 1 aromatic rings. The summed E-state index contributed by atoms with van der Waals surface area (Å²) in [7, 11) is 0. The second-order valence-corrected chi connectivity index (χ2v) is 6.53. The van der Waals surface area contributed by atoms with Gasteiger partial charge in [0.2, 0.25) is 0 Å². The molecule has 6 nitrogen and oxygen atoms in total. The van der Waals surface area contributed by atoms with Crippen molar-refractivity contribution < 1.29 is 4.74 Å². The number of halogens is 1. The highest BCUT2D eigenvalue weighted by Crippen LogP contribution is 2.18. The molecule has 0 aromatic carbocycles. The first-order chi connectivity index (χ1) is 10.7. The Morgan fingerprint density at radius 3 is 2.70 bits per heavy atom. The summed E-state index contributed by atoms with van der Waals surface area (Å²) in [4.78, 5) is 13.3. The fourth-order valence-electron chi connectivity index (χ4n) is 2.33. The van der Waals surface area contributed by atoms with Gasteiger partial charge in [-0.05, 0) is 26.7 Å². The molecular weight excluding hydrogens is 425 g/mol. The normalized spacial score (nSPS) is 15.9. The van der Waals surface area contributed by atoms with Crippen molar-refractivity contribution in [1.82, 2.24) is 9.88 Å². The van der Waals surface area contributed by atoms with Gasteiger partial charge in [-0.2, -0.15) is 0 Å². The van der Waals surface area contributed by atoms with Crippen molar-refractivity contribution in [2.24, 2.45) is 10.7 Å². The van der Waals surface area contributed by atoms with Crippen molar-refractivity contribution in [1.29, 1.82) is 0 Å². The lowest BCUT2D eigenvalue weighted by atomic mass is 10.3. The SMILES string of the molecule is CC(C)OCCCCN=C(N)N1CCN(c2nccs2)CC1.I. The van der Waals surface area contributed by atoms with Gasteiger partial charge in [0.05, 0.1) is 6.10 Å². The maximum Gasteiger partial charge on any atom is 0.191 e. The molecule has 1 saturated heterocycles. The number of piperazine rings is 1. The van der Waals surface area contributed by atoms with Crippen LogP contribution in [0.2, 0.25) is 0 Å². The molecule has 2 rings (SSSR count).